The molecule has 20 heavy (non-hydrogen) atoms. The van der Waals surface area contributed by atoms with Crippen LogP contribution in [0, 0.1) is 17.8 Å². The Labute approximate surface area is 124 Å². The van der Waals surface area contributed by atoms with Crippen LogP contribution in [0.5, 0.6) is 0 Å². The zero-order chi connectivity index (χ0) is 14.6. The molecule has 0 aromatic carbocycles. The van der Waals surface area contributed by atoms with Gasteiger partial charge in [0.25, 0.3) is 0 Å². The molecule has 0 amide bonds. The zero-order valence-corrected chi connectivity index (χ0v) is 13.8. The van der Waals surface area contributed by atoms with Crippen LogP contribution >= 0.6 is 0 Å². The first-order valence-corrected chi connectivity index (χ1v) is 10.0. The van der Waals surface area contributed by atoms with Crippen molar-refractivity contribution in [3.8, 4) is 0 Å². The molecule has 4 nitrogen and oxygen atoms in total. The van der Waals surface area contributed by atoms with Gasteiger partial charge in [0.2, 0.25) is 10.0 Å². The highest BCUT2D eigenvalue weighted by atomic mass is 32.2. The number of piperidine rings is 1. The standard InChI is InChI=1S/C15H30N2O2S/c1-3-8-16-11-15-7-6-14(15)10-13-5-4-9-17(12-13)20(2,18)19/h13-16H,3-12H2,1-2H3. The van der Waals surface area contributed by atoms with Gasteiger partial charge in [-0.3, -0.25) is 0 Å². The highest BCUT2D eigenvalue weighted by Crippen LogP contribution is 2.40. The van der Waals surface area contributed by atoms with Crippen LogP contribution in [0.1, 0.15) is 45.4 Å². The van der Waals surface area contributed by atoms with Crippen LogP contribution in [0.2, 0.25) is 0 Å². The number of hydrogen-bond acceptors (Lipinski definition) is 3. The molecule has 118 valence electrons. The van der Waals surface area contributed by atoms with E-state index in [0.717, 1.165) is 44.4 Å². The molecule has 1 aliphatic carbocycles. The minimum Gasteiger partial charge on any atom is -0.316 e. The monoisotopic (exact) mass is 302 g/mol. The van der Waals surface area contributed by atoms with Crippen LogP contribution in [-0.2, 0) is 10.0 Å². The van der Waals surface area contributed by atoms with Crippen molar-refractivity contribution in [2.75, 3.05) is 32.4 Å². The molecule has 0 aromatic rings. The molecule has 3 atom stereocenters. The van der Waals surface area contributed by atoms with Crippen molar-refractivity contribution in [2.24, 2.45) is 17.8 Å². The van der Waals surface area contributed by atoms with Gasteiger partial charge in [0, 0.05) is 13.1 Å². The molecule has 3 unspecified atom stereocenters. The molecule has 5 heteroatoms. The Hall–Kier alpha value is -0.130. The number of nitrogens with one attached hydrogen (secondary N) is 1. The van der Waals surface area contributed by atoms with E-state index in [9.17, 15) is 8.42 Å². The second-order valence-corrected chi connectivity index (χ2v) is 8.65. The van der Waals surface area contributed by atoms with E-state index in [0.29, 0.717) is 5.92 Å². The van der Waals surface area contributed by atoms with Gasteiger partial charge in [0.05, 0.1) is 6.26 Å². The lowest BCUT2D eigenvalue weighted by Crippen LogP contribution is -2.42. The largest absolute Gasteiger partial charge is 0.316 e. The molecule has 0 spiro atoms. The lowest BCUT2D eigenvalue weighted by molar-refractivity contribution is 0.117. The van der Waals surface area contributed by atoms with Crippen LogP contribution < -0.4 is 5.32 Å². The normalized spacial score (nSPS) is 32.0. The summed E-state index contributed by atoms with van der Waals surface area (Å²) in [6, 6.07) is 0. The van der Waals surface area contributed by atoms with E-state index in [4.69, 9.17) is 0 Å². The maximum atomic E-state index is 11.7. The Balaban J connectivity index is 1.75. The molecule has 1 N–H and O–H groups in total. The summed E-state index contributed by atoms with van der Waals surface area (Å²) in [6.45, 7) is 5.95. The molecule has 1 saturated heterocycles. The smallest absolute Gasteiger partial charge is 0.211 e. The van der Waals surface area contributed by atoms with Crippen molar-refractivity contribution in [2.45, 2.75) is 45.4 Å². The summed E-state index contributed by atoms with van der Waals surface area (Å²) in [4.78, 5) is 0. The molecule has 2 rings (SSSR count). The molecule has 2 fully saturated rings. The second kappa shape index (κ2) is 7.23. The summed E-state index contributed by atoms with van der Waals surface area (Å²) in [7, 11) is -2.99. The first-order chi connectivity index (χ1) is 9.50. The van der Waals surface area contributed by atoms with Gasteiger partial charge in [-0.1, -0.05) is 6.92 Å². The van der Waals surface area contributed by atoms with E-state index in [2.05, 4.69) is 12.2 Å². The molecule has 1 aliphatic heterocycles. The van der Waals surface area contributed by atoms with Gasteiger partial charge in [-0.15, -0.1) is 0 Å². The van der Waals surface area contributed by atoms with Crippen molar-refractivity contribution in [1.82, 2.24) is 9.62 Å². The molecule has 0 aromatic heterocycles. The Bertz CT molecular complexity index is 397. The van der Waals surface area contributed by atoms with Crippen molar-refractivity contribution < 1.29 is 8.42 Å². The van der Waals surface area contributed by atoms with Gasteiger partial charge in [-0.2, -0.15) is 0 Å². The maximum absolute atomic E-state index is 11.7. The molecular weight excluding hydrogens is 272 g/mol. The summed E-state index contributed by atoms with van der Waals surface area (Å²) in [6.07, 6.45) is 8.70. The van der Waals surface area contributed by atoms with Gasteiger partial charge >= 0.3 is 0 Å². The van der Waals surface area contributed by atoms with E-state index in [1.807, 2.05) is 0 Å². The third-order valence-electron chi connectivity index (χ3n) is 5.00. The number of nitrogens with zero attached hydrogens (tertiary/aromatic N) is 1. The lowest BCUT2D eigenvalue weighted by atomic mass is 9.69. The molecule has 1 heterocycles. The molecular formula is C15H30N2O2S. The van der Waals surface area contributed by atoms with Crippen molar-refractivity contribution >= 4 is 10.0 Å². The summed E-state index contributed by atoms with van der Waals surface area (Å²) < 4.78 is 25.0. The van der Waals surface area contributed by atoms with Gasteiger partial charge in [-0.05, 0) is 69.4 Å². The Morgan fingerprint density at radius 3 is 2.55 bits per heavy atom. The van der Waals surface area contributed by atoms with Crippen LogP contribution in [0.15, 0.2) is 0 Å². The molecule has 0 radical (unpaired) electrons. The minimum atomic E-state index is -2.99. The first kappa shape index (κ1) is 16.2. The van der Waals surface area contributed by atoms with Gasteiger partial charge in [0.1, 0.15) is 0 Å². The number of sulfonamides is 1. The predicted octanol–water partition coefficient (Wildman–Crippen LogP) is 2.07. The fraction of sp³-hybridized carbons (Fsp3) is 1.00. The summed E-state index contributed by atoms with van der Waals surface area (Å²) in [5, 5.41) is 3.53. The third kappa shape index (κ3) is 4.43. The fourth-order valence-electron chi connectivity index (χ4n) is 3.63. The molecule has 2 aliphatic rings. The maximum Gasteiger partial charge on any atom is 0.211 e. The van der Waals surface area contributed by atoms with E-state index in [1.165, 1.54) is 38.4 Å². The minimum absolute atomic E-state index is 0.581. The van der Waals surface area contributed by atoms with Gasteiger partial charge in [0.15, 0.2) is 0 Å². The third-order valence-corrected chi connectivity index (χ3v) is 6.26. The van der Waals surface area contributed by atoms with Crippen LogP contribution in [0.25, 0.3) is 0 Å². The first-order valence-electron chi connectivity index (χ1n) is 8.16. The zero-order valence-electron chi connectivity index (χ0n) is 13.0. The average molecular weight is 302 g/mol. The van der Waals surface area contributed by atoms with E-state index < -0.39 is 10.0 Å². The average Bonchev–Trinajstić information content (AvgIpc) is 2.39. The highest BCUT2D eigenvalue weighted by Gasteiger charge is 2.34. The Morgan fingerprint density at radius 2 is 1.95 bits per heavy atom. The van der Waals surface area contributed by atoms with E-state index >= 15 is 0 Å². The van der Waals surface area contributed by atoms with Gasteiger partial charge in [-0.25, -0.2) is 12.7 Å². The van der Waals surface area contributed by atoms with Crippen LogP contribution in [0.4, 0.5) is 0 Å². The number of rotatable bonds is 7. The summed E-state index contributed by atoms with van der Waals surface area (Å²) in [5.74, 6) is 2.23. The molecule has 1 saturated carbocycles. The second-order valence-electron chi connectivity index (χ2n) is 6.67. The summed E-state index contributed by atoms with van der Waals surface area (Å²) >= 11 is 0. The van der Waals surface area contributed by atoms with Crippen LogP contribution in [-0.4, -0.2) is 45.2 Å². The quantitative estimate of drug-likeness (QED) is 0.733. The summed E-state index contributed by atoms with van der Waals surface area (Å²) in [5.41, 5.74) is 0. The predicted molar refractivity (Wildman–Crippen MR) is 83.1 cm³/mol. The molecule has 0 bridgehead atoms. The highest BCUT2D eigenvalue weighted by molar-refractivity contribution is 7.88. The van der Waals surface area contributed by atoms with Crippen LogP contribution in [0.3, 0.4) is 0 Å². The van der Waals surface area contributed by atoms with E-state index in [-0.39, 0.29) is 0 Å². The van der Waals surface area contributed by atoms with E-state index in [1.54, 1.807) is 4.31 Å². The van der Waals surface area contributed by atoms with Crippen molar-refractivity contribution in [3.05, 3.63) is 0 Å². The number of hydrogen-bond donors (Lipinski definition) is 1. The topological polar surface area (TPSA) is 49.4 Å². The Morgan fingerprint density at radius 1 is 1.20 bits per heavy atom. The fourth-order valence-corrected chi connectivity index (χ4v) is 4.57. The van der Waals surface area contributed by atoms with Crippen molar-refractivity contribution in [1.29, 1.82) is 0 Å². The van der Waals surface area contributed by atoms with Crippen molar-refractivity contribution in [3.63, 3.8) is 0 Å². The lowest BCUT2D eigenvalue weighted by Gasteiger charge is -2.41. The van der Waals surface area contributed by atoms with Gasteiger partial charge < -0.3 is 5.32 Å². The Kier molecular flexibility index (Phi) is 5.87. The SMILES string of the molecule is CCCNCC1CCC1CC1CCCN(S(C)(=O)=O)C1.